The summed E-state index contributed by atoms with van der Waals surface area (Å²) in [4.78, 5) is 11.7. The molecule has 0 fully saturated rings. The lowest BCUT2D eigenvalue weighted by Crippen LogP contribution is -2.16. The average molecular weight is 288 g/mol. The Kier molecular flexibility index (Phi) is 3.35. The van der Waals surface area contributed by atoms with E-state index in [1.807, 2.05) is 0 Å². The molecule has 3 aromatic rings. The topological polar surface area (TPSA) is 48.0 Å². The van der Waals surface area contributed by atoms with Crippen LogP contribution >= 0.6 is 0 Å². The molecule has 4 nitrogen and oxygen atoms in total. The third-order valence-corrected chi connectivity index (χ3v) is 3.04. The number of hydrogen-bond donors (Lipinski definition) is 0. The molecule has 0 saturated carbocycles. The van der Waals surface area contributed by atoms with Gasteiger partial charge < -0.3 is 0 Å². The zero-order chi connectivity index (χ0) is 14.8. The van der Waals surface area contributed by atoms with Crippen molar-refractivity contribution < 1.29 is 13.3 Å². The Balaban J connectivity index is 1.99. The third-order valence-electron chi connectivity index (χ3n) is 3.04. The maximum atomic E-state index is 12.9. The summed E-state index contributed by atoms with van der Waals surface area (Å²) in [6, 6.07) is 11.3. The van der Waals surface area contributed by atoms with Gasteiger partial charge in [0.05, 0.1) is 6.54 Å². The molecule has 0 radical (unpaired) electrons. The van der Waals surface area contributed by atoms with Crippen LogP contribution in [0.1, 0.15) is 5.56 Å². The maximum Gasteiger partial charge on any atom is 0.442 e. The molecule has 6 heteroatoms. The second-order valence-corrected chi connectivity index (χ2v) is 4.49. The van der Waals surface area contributed by atoms with Crippen LogP contribution in [0.2, 0.25) is 0 Å². The number of rotatable bonds is 3. The molecule has 0 aliphatic rings. The van der Waals surface area contributed by atoms with Crippen molar-refractivity contribution in [1.82, 2.24) is 9.72 Å². The molecular weight excluding hydrogens is 278 g/mol. The molecule has 106 valence electrons. The van der Waals surface area contributed by atoms with Gasteiger partial charge in [0.2, 0.25) is 0 Å². The van der Waals surface area contributed by atoms with Crippen molar-refractivity contribution in [3.63, 3.8) is 0 Å². The fourth-order valence-corrected chi connectivity index (χ4v) is 1.99. The molecule has 3 rings (SSSR count). The molecule has 0 bridgehead atoms. The van der Waals surface area contributed by atoms with Gasteiger partial charge in [-0.05, 0) is 42.0 Å². The van der Waals surface area contributed by atoms with Gasteiger partial charge in [0.25, 0.3) is 0 Å². The minimum atomic E-state index is -0.626. The third kappa shape index (κ3) is 2.74. The van der Waals surface area contributed by atoms with Gasteiger partial charge in [0, 0.05) is 5.56 Å². The fourth-order valence-electron chi connectivity index (χ4n) is 1.99. The van der Waals surface area contributed by atoms with E-state index in [1.54, 1.807) is 12.1 Å². The van der Waals surface area contributed by atoms with Gasteiger partial charge in [-0.3, -0.25) is 9.09 Å². The van der Waals surface area contributed by atoms with Gasteiger partial charge in [-0.2, -0.15) is 0 Å². The maximum absolute atomic E-state index is 12.9. The Morgan fingerprint density at radius 1 is 0.952 bits per heavy atom. The fraction of sp³-hybridized carbons (Fsp3) is 0.0667. The molecule has 0 atom stereocenters. The second-order valence-electron chi connectivity index (χ2n) is 4.49. The van der Waals surface area contributed by atoms with E-state index in [9.17, 15) is 13.6 Å². The number of aromatic nitrogens is 2. The van der Waals surface area contributed by atoms with Crippen molar-refractivity contribution in [3.05, 3.63) is 76.3 Å². The van der Waals surface area contributed by atoms with Crippen molar-refractivity contribution in [2.75, 3.05) is 0 Å². The van der Waals surface area contributed by atoms with Crippen molar-refractivity contribution in [2.24, 2.45) is 0 Å². The first-order valence-corrected chi connectivity index (χ1v) is 6.20. The lowest BCUT2D eigenvalue weighted by Gasteiger charge is -2.05. The molecule has 0 saturated heterocycles. The van der Waals surface area contributed by atoms with Crippen LogP contribution in [0.15, 0.2) is 57.8 Å². The number of benzene rings is 2. The molecule has 0 aliphatic carbocycles. The quantitative estimate of drug-likeness (QED) is 0.744. The first-order valence-electron chi connectivity index (χ1n) is 6.20. The predicted octanol–water partition coefficient (Wildman–Crippen LogP) is 2.83. The van der Waals surface area contributed by atoms with Gasteiger partial charge in [0.1, 0.15) is 11.6 Å². The molecular formula is C15H10F2N2O2. The number of nitrogens with zero attached hydrogens (tertiary/aromatic N) is 2. The van der Waals surface area contributed by atoms with E-state index in [0.717, 1.165) is 5.56 Å². The van der Waals surface area contributed by atoms with Crippen LogP contribution < -0.4 is 5.76 Å². The molecule has 1 heterocycles. The van der Waals surface area contributed by atoms with Crippen LogP contribution in [0.3, 0.4) is 0 Å². The first kappa shape index (κ1) is 13.2. The van der Waals surface area contributed by atoms with Crippen LogP contribution in [0.25, 0.3) is 11.4 Å². The first-order chi connectivity index (χ1) is 10.1. The summed E-state index contributed by atoms with van der Waals surface area (Å²) in [7, 11) is 0. The summed E-state index contributed by atoms with van der Waals surface area (Å²) in [5.74, 6) is -1.06. The highest BCUT2D eigenvalue weighted by Gasteiger charge is 2.13. The Bertz CT molecular complexity index is 805. The molecule has 0 unspecified atom stereocenters. The van der Waals surface area contributed by atoms with Crippen LogP contribution in [0.4, 0.5) is 8.78 Å². The summed E-state index contributed by atoms with van der Waals surface area (Å²) in [6.45, 7) is 0.190. The van der Waals surface area contributed by atoms with E-state index < -0.39 is 5.76 Å². The van der Waals surface area contributed by atoms with Gasteiger partial charge in [-0.1, -0.05) is 17.3 Å². The lowest BCUT2D eigenvalue weighted by atomic mass is 10.2. The number of hydrogen-bond acceptors (Lipinski definition) is 3. The van der Waals surface area contributed by atoms with Crippen LogP contribution in [-0.2, 0) is 6.54 Å². The molecule has 0 aliphatic heterocycles. The summed E-state index contributed by atoms with van der Waals surface area (Å²) in [6.07, 6.45) is 0. The van der Waals surface area contributed by atoms with Crippen LogP contribution in [0, 0.1) is 11.6 Å². The van der Waals surface area contributed by atoms with Crippen molar-refractivity contribution >= 4 is 0 Å². The molecule has 0 amide bonds. The Morgan fingerprint density at radius 2 is 1.52 bits per heavy atom. The summed E-state index contributed by atoms with van der Waals surface area (Å²) < 4.78 is 31.8. The summed E-state index contributed by atoms with van der Waals surface area (Å²) >= 11 is 0. The Labute approximate surface area is 118 Å². The largest absolute Gasteiger partial charge is 0.442 e. The van der Waals surface area contributed by atoms with E-state index >= 15 is 0 Å². The highest BCUT2D eigenvalue weighted by molar-refractivity contribution is 5.54. The minimum Gasteiger partial charge on any atom is -0.295 e. The van der Waals surface area contributed by atoms with E-state index in [4.69, 9.17) is 0 Å². The standard InChI is InChI=1S/C15H10F2N2O2/c16-12-5-1-10(2-6-12)9-19-14(18-21-15(19)20)11-3-7-13(17)8-4-11/h1-8H,9H2. The highest BCUT2D eigenvalue weighted by Crippen LogP contribution is 2.17. The second kappa shape index (κ2) is 5.32. The van der Waals surface area contributed by atoms with Gasteiger partial charge >= 0.3 is 5.76 Å². The van der Waals surface area contributed by atoms with Gasteiger partial charge in [-0.15, -0.1) is 0 Å². The SMILES string of the molecule is O=c1onc(-c2ccc(F)cc2)n1Cc1ccc(F)cc1. The molecule has 1 aromatic heterocycles. The van der Waals surface area contributed by atoms with Crippen LogP contribution in [-0.4, -0.2) is 9.72 Å². The van der Waals surface area contributed by atoms with Crippen molar-refractivity contribution in [1.29, 1.82) is 0 Å². The van der Waals surface area contributed by atoms with E-state index in [-0.39, 0.29) is 18.2 Å². The zero-order valence-electron chi connectivity index (χ0n) is 10.8. The Morgan fingerprint density at radius 3 is 2.14 bits per heavy atom. The van der Waals surface area contributed by atoms with Crippen molar-refractivity contribution in [3.8, 4) is 11.4 Å². The van der Waals surface area contributed by atoms with E-state index in [1.165, 1.54) is 41.0 Å². The van der Waals surface area contributed by atoms with Gasteiger partial charge in [-0.25, -0.2) is 13.6 Å². The smallest absolute Gasteiger partial charge is 0.295 e. The minimum absolute atomic E-state index is 0.190. The summed E-state index contributed by atoms with van der Waals surface area (Å²) in [5, 5.41) is 3.71. The average Bonchev–Trinajstić information content (AvgIpc) is 2.84. The molecule has 21 heavy (non-hydrogen) atoms. The normalized spacial score (nSPS) is 10.8. The molecule has 0 N–H and O–H groups in total. The lowest BCUT2D eigenvalue weighted by molar-refractivity contribution is 0.378. The summed E-state index contributed by atoms with van der Waals surface area (Å²) in [5.41, 5.74) is 1.29. The van der Waals surface area contributed by atoms with E-state index in [0.29, 0.717) is 11.4 Å². The predicted molar refractivity (Wildman–Crippen MR) is 71.7 cm³/mol. The molecule has 0 spiro atoms. The zero-order valence-corrected chi connectivity index (χ0v) is 10.8. The monoisotopic (exact) mass is 288 g/mol. The van der Waals surface area contributed by atoms with E-state index in [2.05, 4.69) is 9.68 Å². The highest BCUT2D eigenvalue weighted by atomic mass is 19.1. The number of halogens is 2. The van der Waals surface area contributed by atoms with Crippen LogP contribution in [0.5, 0.6) is 0 Å². The Hall–Kier alpha value is -2.76. The molecule has 2 aromatic carbocycles. The van der Waals surface area contributed by atoms with Crippen molar-refractivity contribution in [2.45, 2.75) is 6.54 Å². The van der Waals surface area contributed by atoms with Gasteiger partial charge in [0.15, 0.2) is 5.82 Å².